The first kappa shape index (κ1) is 23.7. The molecule has 0 N–H and O–H groups in total. The fourth-order valence-electron chi connectivity index (χ4n) is 3.89. The van der Waals surface area contributed by atoms with Crippen LogP contribution < -0.4 is 4.90 Å². The maximum Gasteiger partial charge on any atom is 0.338 e. The Morgan fingerprint density at radius 1 is 1.09 bits per heavy atom. The maximum absolute atomic E-state index is 14.4. The molecule has 2 heterocycles. The minimum Gasteiger partial charge on any atom is -0.462 e. The lowest BCUT2D eigenvalue weighted by atomic mass is 10.1. The van der Waals surface area contributed by atoms with E-state index >= 15 is 0 Å². The van der Waals surface area contributed by atoms with Gasteiger partial charge in [0.05, 0.1) is 29.8 Å². The monoisotopic (exact) mass is 475 g/mol. The second-order valence-corrected chi connectivity index (χ2v) is 7.83. The van der Waals surface area contributed by atoms with E-state index in [9.17, 15) is 23.6 Å². The molecule has 9 heteroatoms. The summed E-state index contributed by atoms with van der Waals surface area (Å²) in [6.45, 7) is 1.86. The van der Waals surface area contributed by atoms with Crippen molar-refractivity contribution in [3.05, 3.63) is 95.6 Å². The van der Waals surface area contributed by atoms with Crippen LogP contribution in [-0.2, 0) is 20.9 Å². The lowest BCUT2D eigenvalue weighted by Gasteiger charge is -2.28. The van der Waals surface area contributed by atoms with Gasteiger partial charge in [0.25, 0.3) is 11.8 Å². The molecule has 1 saturated heterocycles. The summed E-state index contributed by atoms with van der Waals surface area (Å²) < 4.78 is 19.4. The van der Waals surface area contributed by atoms with Gasteiger partial charge < -0.3 is 9.64 Å². The summed E-state index contributed by atoms with van der Waals surface area (Å²) in [6.07, 6.45) is 2.84. The van der Waals surface area contributed by atoms with Crippen molar-refractivity contribution in [2.24, 2.45) is 0 Å². The van der Waals surface area contributed by atoms with Crippen molar-refractivity contribution in [3.63, 3.8) is 0 Å². The first-order chi connectivity index (χ1) is 16.9. The van der Waals surface area contributed by atoms with Crippen LogP contribution in [0.2, 0.25) is 0 Å². The van der Waals surface area contributed by atoms with Gasteiger partial charge in [-0.05, 0) is 55.0 Å². The van der Waals surface area contributed by atoms with Crippen LogP contribution in [0.1, 0.15) is 39.6 Å². The molecule has 1 aliphatic rings. The Labute approximate surface area is 200 Å². The lowest BCUT2D eigenvalue weighted by molar-refractivity contribution is -0.122. The number of carbonyl (C=O) groups is 4. The molecule has 0 radical (unpaired) electrons. The Hall–Kier alpha value is -4.40. The number of carbonyl (C=O) groups excluding carboxylic acids is 4. The van der Waals surface area contributed by atoms with E-state index < -0.39 is 35.5 Å². The molecule has 178 valence electrons. The molecular weight excluding hydrogens is 453 g/mol. The third kappa shape index (κ3) is 4.93. The average molecular weight is 475 g/mol. The summed E-state index contributed by atoms with van der Waals surface area (Å²) in [4.78, 5) is 57.8. The van der Waals surface area contributed by atoms with Gasteiger partial charge >= 0.3 is 5.97 Å². The zero-order valence-corrected chi connectivity index (χ0v) is 18.9. The van der Waals surface area contributed by atoms with E-state index in [0.717, 1.165) is 11.0 Å². The number of nitrogens with zero attached hydrogens (tertiary/aromatic N) is 3. The molecule has 1 atom stereocenters. The summed E-state index contributed by atoms with van der Waals surface area (Å²) in [6, 6.07) is 13.6. The van der Waals surface area contributed by atoms with Gasteiger partial charge in [-0.3, -0.25) is 19.4 Å². The van der Waals surface area contributed by atoms with Crippen LogP contribution in [0.5, 0.6) is 0 Å². The predicted molar refractivity (Wildman–Crippen MR) is 124 cm³/mol. The molecule has 8 nitrogen and oxygen atoms in total. The maximum atomic E-state index is 14.4. The fraction of sp³-hybridized carbons (Fsp3) is 0.192. The summed E-state index contributed by atoms with van der Waals surface area (Å²) >= 11 is 0. The third-order valence-electron chi connectivity index (χ3n) is 5.58. The van der Waals surface area contributed by atoms with E-state index in [1.54, 1.807) is 25.3 Å². The number of imide groups is 1. The molecule has 3 amide bonds. The molecule has 0 bridgehead atoms. The smallest absolute Gasteiger partial charge is 0.338 e. The molecule has 35 heavy (non-hydrogen) atoms. The molecule has 1 fully saturated rings. The van der Waals surface area contributed by atoms with E-state index in [1.165, 1.54) is 53.6 Å². The topological polar surface area (TPSA) is 96.9 Å². The zero-order valence-electron chi connectivity index (χ0n) is 18.9. The minimum absolute atomic E-state index is 0.0413. The number of halogens is 1. The van der Waals surface area contributed by atoms with Gasteiger partial charge in [-0.1, -0.05) is 18.2 Å². The molecule has 0 saturated carbocycles. The van der Waals surface area contributed by atoms with Crippen LogP contribution in [0.4, 0.5) is 10.1 Å². The predicted octanol–water partition coefficient (Wildman–Crippen LogP) is 3.37. The highest BCUT2D eigenvalue weighted by molar-refractivity contribution is 6.23. The second kappa shape index (κ2) is 10.3. The minimum atomic E-state index is -1.14. The van der Waals surface area contributed by atoms with Crippen LogP contribution in [0.25, 0.3) is 0 Å². The van der Waals surface area contributed by atoms with Crippen molar-refractivity contribution in [3.8, 4) is 0 Å². The molecule has 1 aromatic heterocycles. The lowest BCUT2D eigenvalue weighted by Crippen LogP contribution is -2.45. The Kier molecular flexibility index (Phi) is 6.96. The molecule has 3 aromatic rings. The molecule has 1 unspecified atom stereocenters. The van der Waals surface area contributed by atoms with E-state index in [-0.39, 0.29) is 36.4 Å². The van der Waals surface area contributed by atoms with Crippen molar-refractivity contribution < 1.29 is 28.3 Å². The highest BCUT2D eigenvalue weighted by atomic mass is 19.1. The van der Waals surface area contributed by atoms with Crippen LogP contribution in [0.3, 0.4) is 0 Å². The third-order valence-corrected chi connectivity index (χ3v) is 5.58. The van der Waals surface area contributed by atoms with Crippen LogP contribution in [0.15, 0.2) is 73.1 Å². The number of benzene rings is 2. The van der Waals surface area contributed by atoms with Crippen LogP contribution in [0, 0.1) is 5.82 Å². The highest BCUT2D eigenvalue weighted by Crippen LogP contribution is 2.28. The Morgan fingerprint density at radius 3 is 2.49 bits per heavy atom. The van der Waals surface area contributed by atoms with Crippen LogP contribution >= 0.6 is 0 Å². The quantitative estimate of drug-likeness (QED) is 0.384. The SMILES string of the molecule is CCOC(=O)c1ccc(N2C(=O)CC(N(Cc3cccnc3)C(=O)c3ccccc3F)C2=O)cc1. The molecule has 0 spiro atoms. The number of rotatable bonds is 7. The van der Waals surface area contributed by atoms with Crippen molar-refractivity contribution in [1.82, 2.24) is 9.88 Å². The molecule has 1 aliphatic heterocycles. The number of anilines is 1. The molecule has 2 aromatic carbocycles. The summed E-state index contributed by atoms with van der Waals surface area (Å²) in [5.41, 5.74) is 0.956. The van der Waals surface area contributed by atoms with Gasteiger partial charge in [-0.2, -0.15) is 0 Å². The Morgan fingerprint density at radius 2 is 1.83 bits per heavy atom. The summed E-state index contributed by atoms with van der Waals surface area (Å²) in [5.74, 6) is -3.09. The fourth-order valence-corrected chi connectivity index (χ4v) is 3.89. The number of ether oxygens (including phenoxy) is 1. The number of pyridine rings is 1. The van der Waals surface area contributed by atoms with Gasteiger partial charge in [0.1, 0.15) is 11.9 Å². The largest absolute Gasteiger partial charge is 0.462 e. The standard InChI is InChI=1S/C26H22FN3O5/c1-2-35-26(34)18-9-11-19(12-10-18)30-23(31)14-22(25(30)33)29(16-17-6-5-13-28-15-17)24(32)20-7-3-4-8-21(20)27/h3-13,15,22H,2,14,16H2,1H3. The molecule has 0 aliphatic carbocycles. The van der Waals surface area contributed by atoms with E-state index in [4.69, 9.17) is 4.74 Å². The summed E-state index contributed by atoms with van der Waals surface area (Å²) in [5, 5.41) is 0. The van der Waals surface area contributed by atoms with E-state index in [0.29, 0.717) is 5.56 Å². The number of hydrogen-bond donors (Lipinski definition) is 0. The highest BCUT2D eigenvalue weighted by Gasteiger charge is 2.45. The van der Waals surface area contributed by atoms with Crippen molar-refractivity contribution >= 4 is 29.4 Å². The zero-order chi connectivity index (χ0) is 24.9. The first-order valence-corrected chi connectivity index (χ1v) is 11.0. The number of hydrogen-bond acceptors (Lipinski definition) is 6. The van der Waals surface area contributed by atoms with Gasteiger partial charge in [-0.25, -0.2) is 14.1 Å². The van der Waals surface area contributed by atoms with Crippen molar-refractivity contribution in [1.29, 1.82) is 0 Å². The van der Waals surface area contributed by atoms with Crippen molar-refractivity contribution in [2.75, 3.05) is 11.5 Å². The normalized spacial score (nSPS) is 15.3. The Balaban J connectivity index is 1.64. The molecular formula is C26H22FN3O5. The van der Waals surface area contributed by atoms with Crippen molar-refractivity contribution in [2.45, 2.75) is 25.9 Å². The van der Waals surface area contributed by atoms with E-state index in [1.807, 2.05) is 0 Å². The molecule has 4 rings (SSSR count). The Bertz CT molecular complexity index is 1260. The van der Waals surface area contributed by atoms with Gasteiger partial charge in [0, 0.05) is 18.9 Å². The van der Waals surface area contributed by atoms with Crippen LogP contribution in [-0.4, -0.2) is 46.2 Å². The summed E-state index contributed by atoms with van der Waals surface area (Å²) in [7, 11) is 0. The van der Waals surface area contributed by atoms with Gasteiger partial charge in [-0.15, -0.1) is 0 Å². The average Bonchev–Trinajstić information content (AvgIpc) is 3.16. The first-order valence-electron chi connectivity index (χ1n) is 11.0. The second-order valence-electron chi connectivity index (χ2n) is 7.83. The van der Waals surface area contributed by atoms with Gasteiger partial charge in [0.15, 0.2) is 0 Å². The number of esters is 1. The number of aromatic nitrogens is 1. The van der Waals surface area contributed by atoms with E-state index in [2.05, 4.69) is 4.98 Å². The number of amides is 3. The van der Waals surface area contributed by atoms with Gasteiger partial charge in [0.2, 0.25) is 5.91 Å².